The molecular formula is C15H19NO2S. The van der Waals surface area contributed by atoms with E-state index in [1.54, 1.807) is 11.3 Å². The summed E-state index contributed by atoms with van der Waals surface area (Å²) in [7, 11) is 0. The minimum atomic E-state index is 0.635. The SMILES string of the molecule is Cc1ncsc1CCOCCOCc1ccccc1. The molecule has 0 bridgehead atoms. The Hall–Kier alpha value is -1.23. The number of nitrogens with zero attached hydrogens (tertiary/aromatic N) is 1. The summed E-state index contributed by atoms with van der Waals surface area (Å²) in [5.74, 6) is 0. The number of benzene rings is 1. The second-order valence-electron chi connectivity index (χ2n) is 4.26. The quantitative estimate of drug-likeness (QED) is 0.694. The molecule has 0 unspecified atom stereocenters. The highest BCUT2D eigenvalue weighted by Gasteiger charge is 2.00. The van der Waals surface area contributed by atoms with Gasteiger partial charge in [-0.3, -0.25) is 0 Å². The Morgan fingerprint density at radius 1 is 1.05 bits per heavy atom. The van der Waals surface area contributed by atoms with Crippen LogP contribution in [-0.2, 0) is 22.5 Å². The van der Waals surface area contributed by atoms with Gasteiger partial charge in [0.2, 0.25) is 0 Å². The van der Waals surface area contributed by atoms with Crippen molar-refractivity contribution in [3.63, 3.8) is 0 Å². The normalized spacial score (nSPS) is 10.8. The average Bonchev–Trinajstić information content (AvgIpc) is 2.84. The van der Waals surface area contributed by atoms with Gasteiger partial charge in [0.1, 0.15) is 0 Å². The molecule has 0 aliphatic rings. The lowest BCUT2D eigenvalue weighted by atomic mass is 10.2. The molecule has 102 valence electrons. The van der Waals surface area contributed by atoms with E-state index in [2.05, 4.69) is 17.1 Å². The van der Waals surface area contributed by atoms with Gasteiger partial charge in [-0.05, 0) is 12.5 Å². The predicted octanol–water partition coefficient (Wildman–Crippen LogP) is 3.23. The first kappa shape index (κ1) is 14.2. The molecular weight excluding hydrogens is 258 g/mol. The van der Waals surface area contributed by atoms with Crippen molar-refractivity contribution in [2.75, 3.05) is 19.8 Å². The molecule has 2 aromatic rings. The van der Waals surface area contributed by atoms with Crippen LogP contribution in [0.3, 0.4) is 0 Å². The van der Waals surface area contributed by atoms with E-state index in [0.717, 1.165) is 18.7 Å². The van der Waals surface area contributed by atoms with Gasteiger partial charge in [0.15, 0.2) is 0 Å². The molecule has 3 nitrogen and oxygen atoms in total. The van der Waals surface area contributed by atoms with Crippen LogP contribution in [0.25, 0.3) is 0 Å². The van der Waals surface area contributed by atoms with Gasteiger partial charge < -0.3 is 9.47 Å². The number of ether oxygens (including phenoxy) is 2. The molecule has 0 aliphatic carbocycles. The van der Waals surface area contributed by atoms with Crippen LogP contribution >= 0.6 is 11.3 Å². The molecule has 19 heavy (non-hydrogen) atoms. The van der Waals surface area contributed by atoms with Crippen LogP contribution in [-0.4, -0.2) is 24.8 Å². The van der Waals surface area contributed by atoms with E-state index < -0.39 is 0 Å². The van der Waals surface area contributed by atoms with E-state index in [-0.39, 0.29) is 0 Å². The summed E-state index contributed by atoms with van der Waals surface area (Å²) >= 11 is 1.69. The molecule has 0 N–H and O–H groups in total. The number of rotatable bonds is 8. The van der Waals surface area contributed by atoms with Crippen molar-refractivity contribution >= 4 is 11.3 Å². The maximum Gasteiger partial charge on any atom is 0.0797 e. The Kier molecular flexibility index (Phi) is 6.01. The summed E-state index contributed by atoms with van der Waals surface area (Å²) in [6.45, 7) is 4.70. The monoisotopic (exact) mass is 277 g/mol. The summed E-state index contributed by atoms with van der Waals surface area (Å²) < 4.78 is 11.1. The largest absolute Gasteiger partial charge is 0.379 e. The molecule has 0 aliphatic heterocycles. The van der Waals surface area contributed by atoms with Crippen LogP contribution in [0.15, 0.2) is 35.8 Å². The third-order valence-electron chi connectivity index (χ3n) is 2.80. The highest BCUT2D eigenvalue weighted by atomic mass is 32.1. The van der Waals surface area contributed by atoms with Crippen LogP contribution in [0.4, 0.5) is 0 Å². The number of hydrogen-bond acceptors (Lipinski definition) is 4. The zero-order valence-corrected chi connectivity index (χ0v) is 12.0. The summed E-state index contributed by atoms with van der Waals surface area (Å²) in [6, 6.07) is 10.2. The number of hydrogen-bond donors (Lipinski definition) is 0. The lowest BCUT2D eigenvalue weighted by Crippen LogP contribution is -2.06. The predicted molar refractivity (Wildman–Crippen MR) is 77.5 cm³/mol. The Morgan fingerprint density at radius 3 is 2.58 bits per heavy atom. The third kappa shape index (κ3) is 5.11. The summed E-state index contributed by atoms with van der Waals surface area (Å²) in [5, 5.41) is 0. The lowest BCUT2D eigenvalue weighted by Gasteiger charge is -2.05. The topological polar surface area (TPSA) is 31.4 Å². The maximum absolute atomic E-state index is 5.55. The molecule has 1 heterocycles. The first-order valence-electron chi connectivity index (χ1n) is 6.44. The summed E-state index contributed by atoms with van der Waals surface area (Å²) in [6.07, 6.45) is 0.940. The van der Waals surface area contributed by atoms with Crippen LogP contribution in [0.1, 0.15) is 16.1 Å². The van der Waals surface area contributed by atoms with Crippen molar-refractivity contribution in [1.82, 2.24) is 4.98 Å². The van der Waals surface area contributed by atoms with E-state index in [4.69, 9.17) is 9.47 Å². The average molecular weight is 277 g/mol. The fourth-order valence-corrected chi connectivity index (χ4v) is 2.48. The van der Waals surface area contributed by atoms with Crippen LogP contribution < -0.4 is 0 Å². The van der Waals surface area contributed by atoms with Gasteiger partial charge in [0.05, 0.1) is 37.6 Å². The third-order valence-corrected chi connectivity index (χ3v) is 3.80. The minimum Gasteiger partial charge on any atom is -0.379 e. The number of aryl methyl sites for hydroxylation is 1. The fourth-order valence-electron chi connectivity index (χ4n) is 1.72. The first-order chi connectivity index (χ1) is 9.36. The molecule has 0 atom stereocenters. The maximum atomic E-state index is 5.55. The van der Waals surface area contributed by atoms with Gasteiger partial charge in [-0.15, -0.1) is 11.3 Å². The van der Waals surface area contributed by atoms with Gasteiger partial charge >= 0.3 is 0 Å². The Labute approximate surface area is 118 Å². The van der Waals surface area contributed by atoms with E-state index in [1.165, 1.54) is 10.4 Å². The van der Waals surface area contributed by atoms with Crippen molar-refractivity contribution < 1.29 is 9.47 Å². The van der Waals surface area contributed by atoms with Gasteiger partial charge in [0, 0.05) is 11.3 Å². The lowest BCUT2D eigenvalue weighted by molar-refractivity contribution is 0.0418. The van der Waals surface area contributed by atoms with E-state index in [9.17, 15) is 0 Å². The summed E-state index contributed by atoms with van der Waals surface area (Å²) in [4.78, 5) is 5.53. The van der Waals surface area contributed by atoms with Gasteiger partial charge in [-0.2, -0.15) is 0 Å². The van der Waals surface area contributed by atoms with E-state index >= 15 is 0 Å². The highest BCUT2D eigenvalue weighted by molar-refractivity contribution is 7.09. The Bertz CT molecular complexity index is 470. The van der Waals surface area contributed by atoms with Crippen molar-refractivity contribution in [3.8, 4) is 0 Å². The van der Waals surface area contributed by atoms with Gasteiger partial charge in [-0.1, -0.05) is 30.3 Å². The molecule has 0 amide bonds. The van der Waals surface area contributed by atoms with Crippen molar-refractivity contribution in [2.45, 2.75) is 20.0 Å². The standard InChI is InChI=1S/C15H19NO2S/c1-13-15(19-12-16-13)7-8-17-9-10-18-11-14-5-3-2-4-6-14/h2-6,12H,7-11H2,1H3. The molecule has 1 aromatic heterocycles. The van der Waals surface area contributed by atoms with E-state index in [0.29, 0.717) is 19.8 Å². The number of aromatic nitrogens is 1. The van der Waals surface area contributed by atoms with Crippen LogP contribution in [0.2, 0.25) is 0 Å². The number of thiazole rings is 1. The zero-order chi connectivity index (χ0) is 13.3. The van der Waals surface area contributed by atoms with Gasteiger partial charge in [-0.25, -0.2) is 4.98 Å². The van der Waals surface area contributed by atoms with Crippen LogP contribution in [0, 0.1) is 6.92 Å². The Balaban J connectivity index is 1.50. The molecule has 0 radical (unpaired) electrons. The second-order valence-corrected chi connectivity index (χ2v) is 5.20. The molecule has 0 spiro atoms. The van der Waals surface area contributed by atoms with Crippen molar-refractivity contribution in [3.05, 3.63) is 52.0 Å². The first-order valence-corrected chi connectivity index (χ1v) is 7.32. The smallest absolute Gasteiger partial charge is 0.0797 e. The Morgan fingerprint density at radius 2 is 1.84 bits per heavy atom. The fraction of sp³-hybridized carbons (Fsp3) is 0.400. The van der Waals surface area contributed by atoms with Crippen molar-refractivity contribution in [1.29, 1.82) is 0 Å². The minimum absolute atomic E-state index is 0.635. The molecule has 1 aromatic carbocycles. The molecule has 0 saturated heterocycles. The summed E-state index contributed by atoms with van der Waals surface area (Å²) in [5.41, 5.74) is 4.20. The molecule has 4 heteroatoms. The van der Waals surface area contributed by atoms with Crippen molar-refractivity contribution in [2.24, 2.45) is 0 Å². The highest BCUT2D eigenvalue weighted by Crippen LogP contribution is 2.12. The molecule has 2 rings (SSSR count). The molecule has 0 saturated carbocycles. The zero-order valence-electron chi connectivity index (χ0n) is 11.2. The van der Waals surface area contributed by atoms with Crippen LogP contribution in [0.5, 0.6) is 0 Å². The second kappa shape index (κ2) is 8.04. The van der Waals surface area contributed by atoms with Gasteiger partial charge in [0.25, 0.3) is 0 Å². The molecule has 0 fully saturated rings. The van der Waals surface area contributed by atoms with E-state index in [1.807, 2.05) is 30.6 Å².